The molecule has 0 aliphatic carbocycles. The van der Waals surface area contributed by atoms with Crippen molar-refractivity contribution < 1.29 is 13.9 Å². The number of aromatic nitrogens is 2. The van der Waals surface area contributed by atoms with Crippen LogP contribution in [0.15, 0.2) is 77.7 Å². The first-order valence-corrected chi connectivity index (χ1v) is 9.53. The zero-order valence-electron chi connectivity index (χ0n) is 16.6. The Bertz CT molecular complexity index is 1320. The molecule has 0 radical (unpaired) electrons. The summed E-state index contributed by atoms with van der Waals surface area (Å²) in [4.78, 5) is 29.1. The molecule has 2 heterocycles. The maximum atomic E-state index is 13.7. The molecule has 4 rings (SSSR count). The number of para-hydroxylation sites is 3. The second-order valence-corrected chi connectivity index (χ2v) is 6.86. The Kier molecular flexibility index (Phi) is 5.61. The van der Waals surface area contributed by atoms with Gasteiger partial charge in [0.2, 0.25) is 0 Å². The number of hydrogen-bond acceptors (Lipinski definition) is 4. The minimum atomic E-state index is -0.612. The fraction of sp³-hybridized carbons (Fsp3) is 0.0870. The van der Waals surface area contributed by atoms with E-state index in [1.807, 2.05) is 19.1 Å². The van der Waals surface area contributed by atoms with Crippen LogP contribution in [-0.4, -0.2) is 15.4 Å². The van der Waals surface area contributed by atoms with Crippen LogP contribution in [0.5, 0.6) is 5.75 Å². The number of hydrogen-bond donors (Lipinski definition) is 2. The lowest BCUT2D eigenvalue weighted by molar-refractivity contribution is 0.261. The topological polar surface area (TPSA) is 84.7 Å². The highest BCUT2D eigenvalue weighted by Gasteiger charge is 2.11. The number of anilines is 2. The molecule has 0 fully saturated rings. The lowest BCUT2D eigenvalue weighted by Crippen LogP contribution is -2.20. The van der Waals surface area contributed by atoms with E-state index in [0.717, 1.165) is 5.56 Å². The monoisotopic (exact) mass is 418 g/mol. The quantitative estimate of drug-likeness (QED) is 0.504. The lowest BCUT2D eigenvalue weighted by Gasteiger charge is -2.13. The molecule has 2 amide bonds. The van der Waals surface area contributed by atoms with Gasteiger partial charge in [0.15, 0.2) is 0 Å². The van der Waals surface area contributed by atoms with Crippen LogP contribution in [0, 0.1) is 12.7 Å². The van der Waals surface area contributed by atoms with Gasteiger partial charge >= 0.3 is 6.03 Å². The molecule has 2 N–H and O–H groups in total. The van der Waals surface area contributed by atoms with Crippen LogP contribution in [0.2, 0.25) is 0 Å². The van der Waals surface area contributed by atoms with Crippen LogP contribution in [0.1, 0.15) is 11.3 Å². The number of pyridine rings is 1. The summed E-state index contributed by atoms with van der Waals surface area (Å²) in [6.45, 7) is 1.96. The molecule has 0 aliphatic heterocycles. The highest BCUT2D eigenvalue weighted by atomic mass is 19.1. The zero-order valence-corrected chi connectivity index (χ0v) is 16.6. The summed E-state index contributed by atoms with van der Waals surface area (Å²) in [5, 5.41) is 5.10. The number of amides is 2. The van der Waals surface area contributed by atoms with E-state index in [0.29, 0.717) is 22.8 Å². The molecule has 0 bridgehead atoms. The molecule has 2 aromatic carbocycles. The van der Waals surface area contributed by atoms with E-state index in [1.54, 1.807) is 36.5 Å². The summed E-state index contributed by atoms with van der Waals surface area (Å²) in [5.41, 5.74) is 2.22. The van der Waals surface area contributed by atoms with Crippen LogP contribution >= 0.6 is 0 Å². The molecule has 0 unspecified atom stereocenters. The van der Waals surface area contributed by atoms with Gasteiger partial charge in [-0.2, -0.15) is 0 Å². The largest absolute Gasteiger partial charge is 0.485 e. The molecule has 7 nitrogen and oxygen atoms in total. The Morgan fingerprint density at radius 1 is 1.03 bits per heavy atom. The summed E-state index contributed by atoms with van der Waals surface area (Å²) in [7, 11) is 0. The van der Waals surface area contributed by atoms with Gasteiger partial charge in [0.05, 0.1) is 17.1 Å². The number of benzene rings is 2. The highest BCUT2D eigenvalue weighted by molar-refractivity contribution is 6.00. The molecule has 0 aliphatic rings. The second-order valence-electron chi connectivity index (χ2n) is 6.86. The van der Waals surface area contributed by atoms with E-state index < -0.39 is 11.8 Å². The van der Waals surface area contributed by atoms with Gasteiger partial charge in [-0.25, -0.2) is 14.2 Å². The van der Waals surface area contributed by atoms with Gasteiger partial charge in [0.1, 0.15) is 23.8 Å². The van der Waals surface area contributed by atoms with Crippen molar-refractivity contribution in [2.45, 2.75) is 13.5 Å². The van der Waals surface area contributed by atoms with Crippen molar-refractivity contribution in [1.29, 1.82) is 0 Å². The number of rotatable bonds is 5. The van der Waals surface area contributed by atoms with Gasteiger partial charge in [-0.3, -0.25) is 9.20 Å². The van der Waals surface area contributed by atoms with E-state index in [4.69, 9.17) is 4.74 Å². The zero-order chi connectivity index (χ0) is 21.8. The van der Waals surface area contributed by atoms with Crippen molar-refractivity contribution in [3.8, 4) is 5.75 Å². The molecule has 0 saturated carbocycles. The van der Waals surface area contributed by atoms with Crippen molar-refractivity contribution in [2.24, 2.45) is 0 Å². The van der Waals surface area contributed by atoms with Crippen molar-refractivity contribution in [3.05, 3.63) is 100 Å². The Morgan fingerprint density at radius 2 is 1.74 bits per heavy atom. The van der Waals surface area contributed by atoms with E-state index in [-0.39, 0.29) is 17.9 Å². The first-order chi connectivity index (χ1) is 15.0. The minimum absolute atomic E-state index is 0.0350. The molecule has 8 heteroatoms. The third-order valence-electron chi connectivity index (χ3n) is 4.51. The Hall–Kier alpha value is -4.20. The van der Waals surface area contributed by atoms with Gasteiger partial charge in [0.25, 0.3) is 5.56 Å². The smallest absolute Gasteiger partial charge is 0.323 e. The first kappa shape index (κ1) is 20.1. The lowest BCUT2D eigenvalue weighted by atomic mass is 10.3. The molecule has 0 saturated heterocycles. The standard InChI is InChI=1S/C23H19FN4O3/c1-15-10-11-28-21(12-15)25-16(13-22(28)29)14-31-20-9-5-4-8-19(20)27-23(30)26-18-7-3-2-6-17(18)24/h2-13H,14H2,1H3,(H2,26,27,30). The maximum absolute atomic E-state index is 13.7. The van der Waals surface area contributed by atoms with Crippen molar-refractivity contribution >= 4 is 23.1 Å². The predicted molar refractivity (Wildman–Crippen MR) is 116 cm³/mol. The fourth-order valence-corrected chi connectivity index (χ4v) is 3.01. The van der Waals surface area contributed by atoms with Crippen LogP contribution < -0.4 is 20.9 Å². The van der Waals surface area contributed by atoms with Crippen LogP contribution in [0.4, 0.5) is 20.6 Å². The summed E-state index contributed by atoms with van der Waals surface area (Å²) in [5.74, 6) is -0.150. The Labute approximate surface area is 177 Å². The predicted octanol–water partition coefficient (Wildman–Crippen LogP) is 4.37. The molecule has 0 atom stereocenters. The normalized spacial score (nSPS) is 10.6. The van der Waals surface area contributed by atoms with Crippen LogP contribution in [0.25, 0.3) is 5.65 Å². The van der Waals surface area contributed by atoms with Gasteiger partial charge in [-0.1, -0.05) is 24.3 Å². The summed E-state index contributed by atoms with van der Waals surface area (Å²) < 4.78 is 21.0. The average Bonchev–Trinajstić information content (AvgIpc) is 2.74. The molecular weight excluding hydrogens is 399 g/mol. The third kappa shape index (κ3) is 4.69. The van der Waals surface area contributed by atoms with Crippen LogP contribution in [0.3, 0.4) is 0 Å². The van der Waals surface area contributed by atoms with Gasteiger partial charge in [0, 0.05) is 12.3 Å². The number of nitrogens with one attached hydrogen (secondary N) is 2. The molecule has 4 aromatic rings. The molecular formula is C23H19FN4O3. The Balaban J connectivity index is 1.49. The highest BCUT2D eigenvalue weighted by Crippen LogP contribution is 2.25. The average molecular weight is 418 g/mol. The molecule has 0 spiro atoms. The van der Waals surface area contributed by atoms with E-state index in [1.165, 1.54) is 28.7 Å². The van der Waals surface area contributed by atoms with E-state index in [2.05, 4.69) is 15.6 Å². The van der Waals surface area contributed by atoms with Crippen molar-refractivity contribution in [3.63, 3.8) is 0 Å². The second kappa shape index (κ2) is 8.66. The summed E-state index contributed by atoms with van der Waals surface area (Å²) in [6.07, 6.45) is 1.68. The number of ether oxygens (including phenoxy) is 1. The van der Waals surface area contributed by atoms with Crippen molar-refractivity contribution in [2.75, 3.05) is 10.6 Å². The number of carbonyl (C=O) groups excluding carboxylic acids is 1. The Morgan fingerprint density at radius 3 is 2.55 bits per heavy atom. The fourth-order valence-electron chi connectivity index (χ4n) is 3.01. The SMILES string of the molecule is Cc1ccn2c(=O)cc(COc3ccccc3NC(=O)Nc3ccccc3F)nc2c1. The summed E-state index contributed by atoms with van der Waals surface area (Å²) >= 11 is 0. The van der Waals surface area contributed by atoms with Gasteiger partial charge < -0.3 is 15.4 Å². The number of nitrogens with zero attached hydrogens (tertiary/aromatic N) is 2. The molecule has 156 valence electrons. The number of urea groups is 1. The van der Waals surface area contributed by atoms with Gasteiger partial charge in [-0.15, -0.1) is 0 Å². The van der Waals surface area contributed by atoms with E-state index >= 15 is 0 Å². The molecule has 2 aromatic heterocycles. The van der Waals surface area contributed by atoms with E-state index in [9.17, 15) is 14.0 Å². The van der Waals surface area contributed by atoms with Crippen molar-refractivity contribution in [1.82, 2.24) is 9.38 Å². The number of halogens is 1. The summed E-state index contributed by atoms with van der Waals surface area (Å²) in [6, 6.07) is 17.1. The number of carbonyl (C=O) groups is 1. The number of fused-ring (bicyclic) bond motifs is 1. The minimum Gasteiger partial charge on any atom is -0.485 e. The first-order valence-electron chi connectivity index (χ1n) is 9.53. The van der Waals surface area contributed by atoms with Gasteiger partial charge in [-0.05, 0) is 48.9 Å². The third-order valence-corrected chi connectivity index (χ3v) is 4.51. The number of aryl methyl sites for hydroxylation is 1. The molecule has 31 heavy (non-hydrogen) atoms. The van der Waals surface area contributed by atoms with Crippen LogP contribution in [-0.2, 0) is 6.61 Å². The maximum Gasteiger partial charge on any atom is 0.323 e.